The molecular weight excluding hydrogens is 633 g/mol. The maximum Gasteiger partial charge on any atom is 0.186 e. The minimum atomic E-state index is -0.452. The Morgan fingerprint density at radius 2 is 0.980 bits per heavy atom. The Kier molecular flexibility index (Phi) is 7.18. The zero-order valence-electron chi connectivity index (χ0n) is 29.3. The van der Waals surface area contributed by atoms with E-state index in [1.165, 1.54) is 44.5 Å². The highest BCUT2D eigenvalue weighted by atomic mass is 16.6. The van der Waals surface area contributed by atoms with Crippen molar-refractivity contribution in [3.63, 3.8) is 0 Å². The van der Waals surface area contributed by atoms with E-state index in [0.29, 0.717) is 35.7 Å². The molecule has 2 N–H and O–H groups in total. The van der Waals surface area contributed by atoms with E-state index < -0.39 is 6.79 Å². The summed E-state index contributed by atoms with van der Waals surface area (Å²) in [6, 6.07) is 38.8. The molecule has 0 radical (unpaired) electrons. The molecule has 6 aromatic carbocycles. The molecule has 7 aromatic rings. The van der Waals surface area contributed by atoms with Gasteiger partial charge in [-0.2, -0.15) is 0 Å². The number of aliphatic hydroxyl groups is 2. The zero-order chi connectivity index (χ0) is 35.1. The molecule has 5 nitrogen and oxygen atoms in total. The van der Waals surface area contributed by atoms with Crippen LogP contribution in [0.1, 0.15) is 56.4 Å². The van der Waals surface area contributed by atoms with Crippen molar-refractivity contribution in [1.29, 1.82) is 0 Å². The first-order valence-corrected chi connectivity index (χ1v) is 17.7. The van der Waals surface area contributed by atoms with Crippen LogP contribution >= 0.6 is 0 Å². The van der Waals surface area contributed by atoms with Gasteiger partial charge in [-0.3, -0.25) is 0 Å². The lowest BCUT2D eigenvalue weighted by Gasteiger charge is -2.22. The highest BCUT2D eigenvalue weighted by Crippen LogP contribution is 2.52. The van der Waals surface area contributed by atoms with Gasteiger partial charge in [0.15, 0.2) is 6.79 Å². The van der Waals surface area contributed by atoms with Crippen molar-refractivity contribution < 1.29 is 24.1 Å². The topological polar surface area (TPSA) is 72.1 Å². The van der Waals surface area contributed by atoms with Crippen LogP contribution in [0.25, 0.3) is 66.4 Å². The second-order valence-electron chi connectivity index (χ2n) is 14.9. The molecule has 254 valence electrons. The third kappa shape index (κ3) is 4.76. The van der Waals surface area contributed by atoms with Crippen molar-refractivity contribution in [3.8, 4) is 56.0 Å². The molecule has 0 amide bonds. The third-order valence-electron chi connectivity index (χ3n) is 11.2. The van der Waals surface area contributed by atoms with Crippen LogP contribution in [0.2, 0.25) is 0 Å². The van der Waals surface area contributed by atoms with Crippen LogP contribution in [0.3, 0.4) is 0 Å². The van der Waals surface area contributed by atoms with Crippen LogP contribution in [-0.4, -0.2) is 30.2 Å². The van der Waals surface area contributed by atoms with Crippen LogP contribution in [0.5, 0.6) is 11.5 Å². The standard InChI is InChI=1S/C46H40O5/c1-45(2)37-12-7-5-10-29(37)31-16-14-27(20-39(31)45)33-22-35-36-23-34(28-15-17-32-30-11-6-8-13-38(30)46(3,4)40(32)21-28)42(50-26-48)25-44(36)51-43(35)24-41(33)49-19-9-18-47/h5-8,10-17,20-25,47-48H,9,18-19,26H2,1-4H3. The summed E-state index contributed by atoms with van der Waals surface area (Å²) in [7, 11) is 0. The second-order valence-corrected chi connectivity index (χ2v) is 14.9. The minimum absolute atomic E-state index is 0.0515. The van der Waals surface area contributed by atoms with Crippen LogP contribution in [-0.2, 0) is 10.8 Å². The van der Waals surface area contributed by atoms with E-state index in [4.69, 9.17) is 13.9 Å². The summed E-state index contributed by atoms with van der Waals surface area (Å²) in [5.74, 6) is 1.26. The Hall–Kier alpha value is -5.36. The van der Waals surface area contributed by atoms with Crippen molar-refractivity contribution >= 4 is 21.9 Å². The summed E-state index contributed by atoms with van der Waals surface area (Å²) in [5.41, 5.74) is 15.3. The molecule has 0 saturated heterocycles. The van der Waals surface area contributed by atoms with Gasteiger partial charge in [0.05, 0.1) is 6.61 Å². The van der Waals surface area contributed by atoms with E-state index in [1.54, 1.807) is 0 Å². The van der Waals surface area contributed by atoms with Gasteiger partial charge in [0.2, 0.25) is 0 Å². The first-order chi connectivity index (χ1) is 24.7. The number of fused-ring (bicyclic) bond motifs is 9. The monoisotopic (exact) mass is 672 g/mol. The molecular formula is C46H40O5. The van der Waals surface area contributed by atoms with Crippen molar-refractivity contribution in [2.75, 3.05) is 20.0 Å². The number of benzene rings is 6. The van der Waals surface area contributed by atoms with Crippen LogP contribution in [0, 0.1) is 0 Å². The lowest BCUT2D eigenvalue weighted by Crippen LogP contribution is -2.14. The fourth-order valence-corrected chi connectivity index (χ4v) is 8.58. The largest absolute Gasteiger partial charge is 0.493 e. The van der Waals surface area contributed by atoms with Crippen LogP contribution in [0.4, 0.5) is 0 Å². The van der Waals surface area contributed by atoms with E-state index >= 15 is 0 Å². The summed E-state index contributed by atoms with van der Waals surface area (Å²) in [6.07, 6.45) is 0.526. The highest BCUT2D eigenvalue weighted by Gasteiger charge is 2.37. The zero-order valence-corrected chi connectivity index (χ0v) is 29.3. The van der Waals surface area contributed by atoms with Gasteiger partial charge in [-0.15, -0.1) is 0 Å². The van der Waals surface area contributed by atoms with Crippen molar-refractivity contribution in [2.45, 2.75) is 44.9 Å². The Labute approximate surface area is 297 Å². The molecule has 0 unspecified atom stereocenters. The van der Waals surface area contributed by atoms with Crippen molar-refractivity contribution in [1.82, 2.24) is 0 Å². The molecule has 5 heteroatoms. The molecule has 1 heterocycles. The first-order valence-electron chi connectivity index (χ1n) is 17.7. The molecule has 0 bridgehead atoms. The lowest BCUT2D eigenvalue weighted by molar-refractivity contribution is 0.0991. The summed E-state index contributed by atoms with van der Waals surface area (Å²) >= 11 is 0. The lowest BCUT2D eigenvalue weighted by atomic mass is 9.81. The number of aliphatic hydroxyl groups excluding tert-OH is 2. The third-order valence-corrected chi connectivity index (χ3v) is 11.2. The average molecular weight is 673 g/mol. The fourth-order valence-electron chi connectivity index (χ4n) is 8.58. The highest BCUT2D eigenvalue weighted by molar-refractivity contribution is 6.09. The molecule has 9 rings (SSSR count). The van der Waals surface area contributed by atoms with Gasteiger partial charge < -0.3 is 24.1 Å². The molecule has 0 fully saturated rings. The summed E-state index contributed by atoms with van der Waals surface area (Å²) in [6.45, 7) is 9.12. The van der Waals surface area contributed by atoms with Crippen LogP contribution < -0.4 is 9.47 Å². The number of hydrogen-bond donors (Lipinski definition) is 2. The van der Waals surface area contributed by atoms with E-state index in [0.717, 1.165) is 33.0 Å². The van der Waals surface area contributed by atoms with Crippen molar-refractivity contribution in [3.05, 3.63) is 131 Å². The second kappa shape index (κ2) is 11.6. The Morgan fingerprint density at radius 1 is 0.510 bits per heavy atom. The van der Waals surface area contributed by atoms with Gasteiger partial charge in [-0.25, -0.2) is 0 Å². The molecule has 51 heavy (non-hydrogen) atoms. The van der Waals surface area contributed by atoms with E-state index in [-0.39, 0.29) is 17.4 Å². The van der Waals surface area contributed by atoms with E-state index in [1.807, 2.05) is 12.1 Å². The number of furan rings is 1. The van der Waals surface area contributed by atoms with Gasteiger partial charge in [-0.1, -0.05) is 100 Å². The maximum absolute atomic E-state index is 9.93. The first kappa shape index (κ1) is 31.6. The Balaban J connectivity index is 1.22. The Bertz CT molecular complexity index is 2520. The SMILES string of the molecule is CC1(C)c2ccccc2-c2ccc(-c3cc4c(cc3OCO)oc3cc(OCCCO)c(-c5ccc6c(c5)C(C)(C)c5ccccc5-6)cc34)cc21. The van der Waals surface area contributed by atoms with Gasteiger partial charge in [0, 0.05) is 57.9 Å². The Morgan fingerprint density at radius 3 is 1.47 bits per heavy atom. The smallest absolute Gasteiger partial charge is 0.186 e. The average Bonchev–Trinajstić information content (AvgIpc) is 3.69. The molecule has 0 spiro atoms. The molecule has 0 saturated carbocycles. The predicted molar refractivity (Wildman–Crippen MR) is 205 cm³/mol. The molecule has 1 aromatic heterocycles. The normalized spacial score (nSPS) is 14.7. The number of hydrogen-bond acceptors (Lipinski definition) is 5. The van der Waals surface area contributed by atoms with Gasteiger partial charge >= 0.3 is 0 Å². The molecule has 0 atom stereocenters. The van der Waals surface area contributed by atoms with Gasteiger partial charge in [0.1, 0.15) is 22.7 Å². The number of ether oxygens (including phenoxy) is 2. The van der Waals surface area contributed by atoms with Crippen molar-refractivity contribution in [2.24, 2.45) is 0 Å². The summed E-state index contributed by atoms with van der Waals surface area (Å²) in [5, 5.41) is 21.4. The molecule has 2 aliphatic rings. The molecule has 0 aliphatic heterocycles. The summed E-state index contributed by atoms with van der Waals surface area (Å²) in [4.78, 5) is 0. The quantitative estimate of drug-likeness (QED) is 0.124. The predicted octanol–water partition coefficient (Wildman–Crippen LogP) is 10.6. The molecule has 2 aliphatic carbocycles. The van der Waals surface area contributed by atoms with Crippen LogP contribution in [0.15, 0.2) is 114 Å². The minimum Gasteiger partial charge on any atom is -0.493 e. The number of rotatable bonds is 8. The van der Waals surface area contributed by atoms with E-state index in [9.17, 15) is 10.2 Å². The fraction of sp³-hybridized carbons (Fsp3) is 0.217. The van der Waals surface area contributed by atoms with Gasteiger partial charge in [0.25, 0.3) is 0 Å². The van der Waals surface area contributed by atoms with Gasteiger partial charge in [-0.05, 0) is 79.9 Å². The summed E-state index contributed by atoms with van der Waals surface area (Å²) < 4.78 is 18.7. The van der Waals surface area contributed by atoms with E-state index in [2.05, 4.69) is 125 Å². The maximum atomic E-state index is 9.93.